The van der Waals surface area contributed by atoms with Gasteiger partial charge in [0.05, 0.1) is 13.2 Å². The number of nitrogens with one attached hydrogen (secondary N) is 1. The summed E-state index contributed by atoms with van der Waals surface area (Å²) in [6, 6.07) is 4.42. The Kier molecular flexibility index (Phi) is 7.98. The number of rotatable bonds is 9. The van der Waals surface area contributed by atoms with Crippen molar-refractivity contribution in [3.05, 3.63) is 34.6 Å². The summed E-state index contributed by atoms with van der Waals surface area (Å²) >= 11 is 6.12. The van der Waals surface area contributed by atoms with E-state index in [-0.39, 0.29) is 11.9 Å². The number of ether oxygens (including phenoxy) is 2. The molecule has 0 heterocycles. The molecule has 0 aliphatic carbocycles. The van der Waals surface area contributed by atoms with Crippen molar-refractivity contribution in [2.45, 2.75) is 19.4 Å². The van der Waals surface area contributed by atoms with Crippen LogP contribution in [-0.2, 0) is 9.47 Å². The molecule has 0 amide bonds. The van der Waals surface area contributed by atoms with Crippen molar-refractivity contribution in [2.75, 3.05) is 33.5 Å². The largest absolute Gasteiger partial charge is 0.382 e. The molecule has 0 bridgehead atoms. The number of benzene rings is 1. The summed E-state index contributed by atoms with van der Waals surface area (Å²) in [7, 11) is 1.64. The minimum atomic E-state index is -0.275. The number of hydrogen-bond donors (Lipinski definition) is 1. The molecule has 5 heteroatoms. The zero-order valence-corrected chi connectivity index (χ0v) is 12.2. The van der Waals surface area contributed by atoms with Crippen molar-refractivity contribution >= 4 is 11.6 Å². The van der Waals surface area contributed by atoms with Gasteiger partial charge in [0.2, 0.25) is 0 Å². The Morgan fingerprint density at radius 3 is 2.79 bits per heavy atom. The lowest BCUT2D eigenvalue weighted by Gasteiger charge is -2.19. The van der Waals surface area contributed by atoms with Gasteiger partial charge in [-0.2, -0.15) is 0 Å². The van der Waals surface area contributed by atoms with Gasteiger partial charge in [0.25, 0.3) is 0 Å². The van der Waals surface area contributed by atoms with Crippen LogP contribution in [0, 0.1) is 5.82 Å². The van der Waals surface area contributed by atoms with E-state index in [1.54, 1.807) is 13.2 Å². The minimum absolute atomic E-state index is 0.00394. The lowest BCUT2D eigenvalue weighted by molar-refractivity contribution is 0.0658. The highest BCUT2D eigenvalue weighted by atomic mass is 35.5. The number of hydrogen-bond acceptors (Lipinski definition) is 3. The zero-order chi connectivity index (χ0) is 14.1. The number of methoxy groups -OCH3 is 1. The highest BCUT2D eigenvalue weighted by Crippen LogP contribution is 2.26. The molecule has 1 atom stereocenters. The molecule has 0 radical (unpaired) electrons. The van der Waals surface area contributed by atoms with Crippen molar-refractivity contribution < 1.29 is 13.9 Å². The topological polar surface area (TPSA) is 30.5 Å². The highest BCUT2D eigenvalue weighted by Gasteiger charge is 2.14. The number of halogens is 2. The van der Waals surface area contributed by atoms with E-state index in [0.29, 0.717) is 24.8 Å². The third kappa shape index (κ3) is 5.87. The Bertz CT molecular complexity index is 376. The molecular weight excluding hydrogens is 269 g/mol. The molecule has 1 aromatic carbocycles. The first kappa shape index (κ1) is 16.4. The fourth-order valence-corrected chi connectivity index (χ4v) is 2.09. The molecule has 3 nitrogen and oxygen atoms in total. The van der Waals surface area contributed by atoms with Gasteiger partial charge in [-0.1, -0.05) is 18.5 Å². The van der Waals surface area contributed by atoms with Gasteiger partial charge in [-0.25, -0.2) is 4.39 Å². The molecular formula is C14H21ClFNO2. The Labute approximate surface area is 119 Å². The van der Waals surface area contributed by atoms with E-state index in [1.807, 2.05) is 6.92 Å². The van der Waals surface area contributed by atoms with Gasteiger partial charge in [0.15, 0.2) is 0 Å². The van der Waals surface area contributed by atoms with Crippen molar-refractivity contribution in [3.63, 3.8) is 0 Å². The first-order valence-corrected chi connectivity index (χ1v) is 6.81. The highest BCUT2D eigenvalue weighted by molar-refractivity contribution is 6.31. The Balaban J connectivity index is 2.58. The van der Waals surface area contributed by atoms with Crippen LogP contribution in [0.15, 0.2) is 18.2 Å². The molecule has 0 fully saturated rings. The van der Waals surface area contributed by atoms with Crippen molar-refractivity contribution in [2.24, 2.45) is 0 Å². The van der Waals surface area contributed by atoms with Crippen LogP contribution in [0.2, 0.25) is 5.02 Å². The molecule has 0 spiro atoms. The van der Waals surface area contributed by atoms with Gasteiger partial charge in [0, 0.05) is 24.8 Å². The van der Waals surface area contributed by atoms with Gasteiger partial charge in [-0.05, 0) is 36.7 Å². The van der Waals surface area contributed by atoms with Crippen LogP contribution < -0.4 is 5.32 Å². The standard InChI is InChI=1S/C14H21ClFNO2/c1-3-17-14(6-7-19-9-8-18-2)12-10-11(16)4-5-13(12)15/h4-5,10,14,17H,3,6-9H2,1-2H3. The van der Waals surface area contributed by atoms with Gasteiger partial charge in [-0.15, -0.1) is 0 Å². The van der Waals surface area contributed by atoms with Gasteiger partial charge >= 0.3 is 0 Å². The second-order valence-corrected chi connectivity index (χ2v) is 4.58. The predicted molar refractivity (Wildman–Crippen MR) is 75.1 cm³/mol. The van der Waals surface area contributed by atoms with E-state index in [0.717, 1.165) is 18.5 Å². The van der Waals surface area contributed by atoms with Crippen LogP contribution in [0.4, 0.5) is 4.39 Å². The fourth-order valence-electron chi connectivity index (χ4n) is 1.84. The molecule has 1 N–H and O–H groups in total. The van der Waals surface area contributed by atoms with Crippen molar-refractivity contribution in [1.82, 2.24) is 5.32 Å². The lowest BCUT2D eigenvalue weighted by atomic mass is 10.0. The summed E-state index contributed by atoms with van der Waals surface area (Å²) in [6.07, 6.45) is 0.737. The van der Waals surface area contributed by atoms with Crippen LogP contribution in [0.1, 0.15) is 24.9 Å². The van der Waals surface area contributed by atoms with Gasteiger partial charge in [-0.3, -0.25) is 0 Å². The summed E-state index contributed by atoms with van der Waals surface area (Å²) < 4.78 is 23.6. The third-order valence-electron chi connectivity index (χ3n) is 2.77. The Hall–Kier alpha value is -0.680. The SMILES string of the molecule is CCNC(CCOCCOC)c1cc(F)ccc1Cl. The van der Waals surface area contributed by atoms with Crippen LogP contribution in [-0.4, -0.2) is 33.5 Å². The van der Waals surface area contributed by atoms with Crippen LogP contribution in [0.5, 0.6) is 0 Å². The lowest BCUT2D eigenvalue weighted by Crippen LogP contribution is -2.23. The normalized spacial score (nSPS) is 12.6. The monoisotopic (exact) mass is 289 g/mol. The maximum absolute atomic E-state index is 13.3. The van der Waals surface area contributed by atoms with E-state index in [4.69, 9.17) is 21.1 Å². The minimum Gasteiger partial charge on any atom is -0.382 e. The molecule has 19 heavy (non-hydrogen) atoms. The molecule has 0 aliphatic heterocycles. The maximum Gasteiger partial charge on any atom is 0.123 e. The molecule has 1 rings (SSSR count). The Morgan fingerprint density at radius 2 is 2.11 bits per heavy atom. The molecule has 108 valence electrons. The van der Waals surface area contributed by atoms with Crippen molar-refractivity contribution in [3.8, 4) is 0 Å². The molecule has 0 saturated heterocycles. The van der Waals surface area contributed by atoms with Crippen LogP contribution >= 0.6 is 11.6 Å². The first-order valence-electron chi connectivity index (χ1n) is 6.44. The second kappa shape index (κ2) is 9.26. The smallest absolute Gasteiger partial charge is 0.123 e. The van der Waals surface area contributed by atoms with E-state index in [1.165, 1.54) is 12.1 Å². The second-order valence-electron chi connectivity index (χ2n) is 4.17. The maximum atomic E-state index is 13.3. The molecule has 0 saturated carbocycles. The average molecular weight is 290 g/mol. The van der Waals surface area contributed by atoms with E-state index in [2.05, 4.69) is 5.32 Å². The van der Waals surface area contributed by atoms with Gasteiger partial charge < -0.3 is 14.8 Å². The van der Waals surface area contributed by atoms with Gasteiger partial charge in [0.1, 0.15) is 5.82 Å². The van der Waals surface area contributed by atoms with Crippen LogP contribution in [0.3, 0.4) is 0 Å². The van der Waals surface area contributed by atoms with E-state index < -0.39 is 0 Å². The summed E-state index contributed by atoms with van der Waals surface area (Å²) in [5.41, 5.74) is 0.777. The zero-order valence-electron chi connectivity index (χ0n) is 11.4. The van der Waals surface area contributed by atoms with E-state index >= 15 is 0 Å². The molecule has 0 aromatic heterocycles. The third-order valence-corrected chi connectivity index (χ3v) is 3.11. The molecule has 1 unspecified atom stereocenters. The Morgan fingerprint density at radius 1 is 1.32 bits per heavy atom. The fraction of sp³-hybridized carbons (Fsp3) is 0.571. The summed E-state index contributed by atoms with van der Waals surface area (Å²) in [4.78, 5) is 0. The predicted octanol–water partition coefficient (Wildman–Crippen LogP) is 3.18. The average Bonchev–Trinajstić information content (AvgIpc) is 2.40. The summed E-state index contributed by atoms with van der Waals surface area (Å²) in [5.74, 6) is -0.275. The molecule has 0 aliphatic rings. The summed E-state index contributed by atoms with van der Waals surface area (Å²) in [6.45, 7) is 4.51. The van der Waals surface area contributed by atoms with Crippen LogP contribution in [0.25, 0.3) is 0 Å². The molecule has 1 aromatic rings. The quantitative estimate of drug-likeness (QED) is 0.708. The van der Waals surface area contributed by atoms with Crippen molar-refractivity contribution in [1.29, 1.82) is 0 Å². The van der Waals surface area contributed by atoms with E-state index in [9.17, 15) is 4.39 Å². The first-order chi connectivity index (χ1) is 9.19. The summed E-state index contributed by atoms with van der Waals surface area (Å²) in [5, 5.41) is 3.87.